The van der Waals surface area contributed by atoms with E-state index in [0.29, 0.717) is 33.6 Å². The number of nitrogens with one attached hydrogen (secondary N) is 3. The van der Waals surface area contributed by atoms with Gasteiger partial charge >= 0.3 is 0 Å². The molecule has 0 saturated heterocycles. The molecule has 0 aromatic heterocycles. The summed E-state index contributed by atoms with van der Waals surface area (Å²) in [4.78, 5) is 40.2. The summed E-state index contributed by atoms with van der Waals surface area (Å²) in [6, 6.07) is 28.7. The molecule has 1 atom stereocenters. The van der Waals surface area contributed by atoms with Crippen LogP contribution in [0.4, 0.5) is 11.4 Å². The van der Waals surface area contributed by atoms with Crippen LogP contribution in [0.25, 0.3) is 6.08 Å². The summed E-state index contributed by atoms with van der Waals surface area (Å²) in [5, 5.41) is 8.52. The van der Waals surface area contributed by atoms with E-state index >= 15 is 0 Å². The molecule has 0 aliphatic carbocycles. The van der Waals surface area contributed by atoms with E-state index in [9.17, 15) is 14.4 Å². The van der Waals surface area contributed by atoms with Crippen molar-refractivity contribution >= 4 is 58.5 Å². The van der Waals surface area contributed by atoms with Crippen molar-refractivity contribution in [2.24, 2.45) is 0 Å². The van der Waals surface area contributed by atoms with E-state index in [4.69, 9.17) is 16.3 Å². The zero-order valence-corrected chi connectivity index (χ0v) is 26.5. The molecule has 1 unspecified atom stereocenters. The molecule has 0 fully saturated rings. The van der Waals surface area contributed by atoms with Crippen LogP contribution in [0, 0.1) is 0 Å². The number of carbonyl (C=O) groups excluding carboxylic acids is 3. The van der Waals surface area contributed by atoms with Gasteiger partial charge in [0, 0.05) is 21.2 Å². The van der Waals surface area contributed by atoms with Gasteiger partial charge in [-0.2, -0.15) is 0 Å². The molecule has 44 heavy (non-hydrogen) atoms. The minimum absolute atomic E-state index is 0.0948. The summed E-state index contributed by atoms with van der Waals surface area (Å²) >= 11 is 7.43. The van der Waals surface area contributed by atoms with Gasteiger partial charge in [0.05, 0.1) is 18.0 Å². The van der Waals surface area contributed by atoms with Crippen LogP contribution in [0.3, 0.4) is 0 Å². The number of halogens is 1. The summed E-state index contributed by atoms with van der Waals surface area (Å²) in [6.07, 6.45) is 1.65. The minimum Gasteiger partial charge on any atom is -0.495 e. The zero-order chi connectivity index (χ0) is 31.6. The van der Waals surface area contributed by atoms with Gasteiger partial charge in [0.25, 0.3) is 11.8 Å². The molecule has 0 spiro atoms. The third-order valence-electron chi connectivity index (χ3n) is 6.64. The molecular weight excluding hydrogens is 594 g/mol. The van der Waals surface area contributed by atoms with Gasteiger partial charge in [0.15, 0.2) is 0 Å². The van der Waals surface area contributed by atoms with Crippen molar-refractivity contribution in [3.8, 4) is 5.75 Å². The minimum atomic E-state index is -0.483. The van der Waals surface area contributed by atoms with Crippen molar-refractivity contribution in [3.63, 3.8) is 0 Å². The van der Waals surface area contributed by atoms with Crippen molar-refractivity contribution in [3.05, 3.63) is 124 Å². The maximum absolute atomic E-state index is 13.5. The second kappa shape index (κ2) is 15.3. The van der Waals surface area contributed by atoms with Crippen molar-refractivity contribution in [2.45, 2.75) is 36.8 Å². The lowest BCUT2D eigenvalue weighted by molar-refractivity contribution is -0.115. The first-order valence-corrected chi connectivity index (χ1v) is 15.3. The van der Waals surface area contributed by atoms with Gasteiger partial charge in [-0.05, 0) is 78.6 Å². The van der Waals surface area contributed by atoms with Gasteiger partial charge in [0.2, 0.25) is 5.91 Å². The predicted octanol–water partition coefficient (Wildman–Crippen LogP) is 8.00. The lowest BCUT2D eigenvalue weighted by atomic mass is 10.0. The Morgan fingerprint density at radius 1 is 0.841 bits per heavy atom. The quantitative estimate of drug-likeness (QED) is 0.116. The number of anilines is 2. The largest absolute Gasteiger partial charge is 0.495 e. The topological polar surface area (TPSA) is 96.5 Å². The van der Waals surface area contributed by atoms with Crippen molar-refractivity contribution in [1.29, 1.82) is 0 Å². The van der Waals surface area contributed by atoms with Crippen molar-refractivity contribution < 1.29 is 19.1 Å². The molecule has 0 aliphatic heterocycles. The maximum Gasteiger partial charge on any atom is 0.272 e. The molecule has 4 aromatic carbocycles. The average Bonchev–Trinajstić information content (AvgIpc) is 3.01. The smallest absolute Gasteiger partial charge is 0.272 e. The molecule has 4 rings (SSSR count). The number of hydrogen-bond acceptors (Lipinski definition) is 5. The van der Waals surface area contributed by atoms with E-state index in [2.05, 4.69) is 29.8 Å². The molecule has 7 nitrogen and oxygen atoms in total. The number of rotatable bonds is 11. The lowest BCUT2D eigenvalue weighted by Gasteiger charge is -2.15. The number of benzene rings is 4. The first-order valence-electron chi connectivity index (χ1n) is 14.0. The third kappa shape index (κ3) is 8.99. The molecule has 226 valence electrons. The van der Waals surface area contributed by atoms with Crippen LogP contribution < -0.4 is 20.7 Å². The summed E-state index contributed by atoms with van der Waals surface area (Å²) in [5.74, 6) is -0.243. The second-order valence-electron chi connectivity index (χ2n) is 10.3. The van der Waals surface area contributed by atoms with Crippen LogP contribution in [0.1, 0.15) is 48.2 Å². The van der Waals surface area contributed by atoms with Gasteiger partial charge in [-0.25, -0.2) is 0 Å². The van der Waals surface area contributed by atoms with Gasteiger partial charge in [-0.1, -0.05) is 74.0 Å². The van der Waals surface area contributed by atoms with E-state index in [1.807, 2.05) is 36.4 Å². The van der Waals surface area contributed by atoms with Crippen LogP contribution >= 0.6 is 23.4 Å². The van der Waals surface area contributed by atoms with Gasteiger partial charge in [0.1, 0.15) is 11.4 Å². The molecule has 0 saturated carbocycles. The fraction of sp³-hybridized carbons (Fsp3) is 0.171. The summed E-state index contributed by atoms with van der Waals surface area (Å²) in [6.45, 7) is 6.01. The van der Waals surface area contributed by atoms with E-state index < -0.39 is 17.1 Å². The van der Waals surface area contributed by atoms with Crippen molar-refractivity contribution in [2.75, 3.05) is 17.7 Å². The van der Waals surface area contributed by atoms with Crippen LogP contribution in [-0.4, -0.2) is 30.1 Å². The Labute approximate surface area is 267 Å². The molecule has 3 N–H and O–H groups in total. The van der Waals surface area contributed by atoms with Gasteiger partial charge < -0.3 is 20.7 Å². The lowest BCUT2D eigenvalue weighted by Crippen LogP contribution is -2.30. The van der Waals surface area contributed by atoms with Crippen LogP contribution in [0.2, 0.25) is 5.02 Å². The van der Waals surface area contributed by atoms with Crippen LogP contribution in [0.5, 0.6) is 5.75 Å². The van der Waals surface area contributed by atoms with E-state index in [1.54, 1.807) is 73.7 Å². The highest BCUT2D eigenvalue weighted by atomic mass is 35.5. The summed E-state index contributed by atoms with van der Waals surface area (Å²) in [7, 11) is 1.52. The summed E-state index contributed by atoms with van der Waals surface area (Å²) in [5.41, 5.74) is 3.46. The fourth-order valence-corrected chi connectivity index (χ4v) is 5.30. The molecule has 0 radical (unpaired) electrons. The SMILES string of the molecule is COc1ccc(Cl)cc1NC(=O)C(C)Sc1cccc(NC(=O)/C(=C\c2ccc(C(C)C)cc2)NC(=O)c2ccccc2)c1. The molecule has 4 aromatic rings. The normalized spacial score (nSPS) is 11.9. The molecule has 0 bridgehead atoms. The van der Waals surface area contributed by atoms with E-state index in [1.165, 1.54) is 24.4 Å². The highest BCUT2D eigenvalue weighted by Gasteiger charge is 2.19. The highest BCUT2D eigenvalue weighted by molar-refractivity contribution is 8.00. The fourth-order valence-electron chi connectivity index (χ4n) is 4.20. The Morgan fingerprint density at radius 2 is 1.57 bits per heavy atom. The Morgan fingerprint density at radius 3 is 2.25 bits per heavy atom. The molecular formula is C35H34ClN3O4S. The molecule has 9 heteroatoms. The Kier molecular flexibility index (Phi) is 11.2. The molecule has 0 aliphatic rings. The zero-order valence-electron chi connectivity index (χ0n) is 24.9. The first-order chi connectivity index (χ1) is 21.1. The third-order valence-corrected chi connectivity index (χ3v) is 7.97. The van der Waals surface area contributed by atoms with Crippen LogP contribution in [0.15, 0.2) is 108 Å². The van der Waals surface area contributed by atoms with Gasteiger partial charge in [-0.15, -0.1) is 11.8 Å². The maximum atomic E-state index is 13.5. The van der Waals surface area contributed by atoms with Crippen molar-refractivity contribution in [1.82, 2.24) is 5.32 Å². The van der Waals surface area contributed by atoms with Gasteiger partial charge in [-0.3, -0.25) is 14.4 Å². The monoisotopic (exact) mass is 627 g/mol. The second-order valence-corrected chi connectivity index (χ2v) is 12.1. The number of hydrogen-bond donors (Lipinski definition) is 3. The number of carbonyl (C=O) groups is 3. The van der Waals surface area contributed by atoms with E-state index in [-0.39, 0.29) is 11.6 Å². The highest BCUT2D eigenvalue weighted by Crippen LogP contribution is 2.30. The summed E-state index contributed by atoms with van der Waals surface area (Å²) < 4.78 is 5.32. The first kappa shape index (κ1) is 32.4. The van der Waals surface area contributed by atoms with E-state index in [0.717, 1.165) is 10.5 Å². The number of ether oxygens (including phenoxy) is 1. The van der Waals surface area contributed by atoms with Crippen LogP contribution in [-0.2, 0) is 9.59 Å². The number of thioether (sulfide) groups is 1. The standard InChI is InChI=1S/C35H34ClN3O4S/c1-22(2)25-15-13-24(14-16-25)19-31(39-34(41)26-9-6-5-7-10-26)35(42)37-28-11-8-12-29(21-28)44-23(3)33(40)38-30-20-27(36)17-18-32(30)43-4/h5-23H,1-4H3,(H,37,42)(H,38,40)(H,39,41)/b31-19+. The average molecular weight is 628 g/mol. The Balaban J connectivity index is 1.49. The number of amides is 3. The predicted molar refractivity (Wildman–Crippen MR) is 179 cm³/mol. The molecule has 0 heterocycles. The number of methoxy groups -OCH3 is 1. The molecule has 3 amide bonds. The Hall–Kier alpha value is -4.53. The Bertz CT molecular complexity index is 1660.